The fraction of sp³-hybridized carbons (Fsp3) is 0.188. The van der Waals surface area contributed by atoms with Crippen LogP contribution in [-0.2, 0) is 21.4 Å². The maximum atomic E-state index is 12.1. The molecule has 2 heterocycles. The zero-order valence-electron chi connectivity index (χ0n) is 13.9. The normalized spacial score (nSPS) is 11.7. The molecule has 0 unspecified atom stereocenters. The fourth-order valence-electron chi connectivity index (χ4n) is 2.00. The van der Waals surface area contributed by atoms with Gasteiger partial charge in [-0.1, -0.05) is 6.07 Å². The molecule has 0 radical (unpaired) electrons. The van der Waals surface area contributed by atoms with E-state index < -0.39 is 16.0 Å². The molecule has 136 valence electrons. The molecular weight excluding hydrogens is 378 g/mol. The summed E-state index contributed by atoms with van der Waals surface area (Å²) in [5, 5.41) is 9.62. The van der Waals surface area contributed by atoms with Gasteiger partial charge in [0.15, 0.2) is 6.61 Å². The first-order valence-electron chi connectivity index (χ1n) is 7.44. The first kappa shape index (κ1) is 18.2. The summed E-state index contributed by atoms with van der Waals surface area (Å²) in [6.45, 7) is -0.172. The number of ether oxygens (including phenoxy) is 1. The third-order valence-corrected chi connectivity index (χ3v) is 6.08. The zero-order valence-corrected chi connectivity index (χ0v) is 15.6. The molecule has 0 saturated heterocycles. The van der Waals surface area contributed by atoms with Gasteiger partial charge in [0.1, 0.15) is 0 Å². The number of benzene rings is 1. The van der Waals surface area contributed by atoms with Crippen LogP contribution in [0.5, 0.6) is 0 Å². The Labute approximate surface area is 154 Å². The summed E-state index contributed by atoms with van der Waals surface area (Å²) in [5.41, 5.74) is 0.223. The van der Waals surface area contributed by atoms with Crippen LogP contribution in [0.3, 0.4) is 0 Å². The molecule has 0 bridgehead atoms. The molecule has 0 N–H and O–H groups in total. The second-order valence-electron chi connectivity index (χ2n) is 5.37. The maximum Gasteiger partial charge on any atom is 0.338 e. The largest absolute Gasteiger partial charge is 0.452 e. The molecule has 0 aliphatic carbocycles. The first-order valence-corrected chi connectivity index (χ1v) is 9.76. The van der Waals surface area contributed by atoms with Crippen LogP contribution < -0.4 is 0 Å². The second kappa shape index (κ2) is 7.36. The second-order valence-corrected chi connectivity index (χ2v) is 8.47. The van der Waals surface area contributed by atoms with Gasteiger partial charge in [-0.3, -0.25) is 0 Å². The number of hydrogen-bond acceptors (Lipinski definition) is 8. The van der Waals surface area contributed by atoms with Crippen molar-refractivity contribution in [1.82, 2.24) is 14.5 Å². The van der Waals surface area contributed by atoms with Crippen LogP contribution in [0.2, 0.25) is 0 Å². The molecule has 0 aliphatic rings. The Morgan fingerprint density at radius 1 is 1.19 bits per heavy atom. The number of carbonyl (C=O) groups is 1. The van der Waals surface area contributed by atoms with E-state index in [9.17, 15) is 13.2 Å². The molecule has 26 heavy (non-hydrogen) atoms. The highest BCUT2D eigenvalue weighted by Gasteiger charge is 2.18. The van der Waals surface area contributed by atoms with E-state index >= 15 is 0 Å². The lowest BCUT2D eigenvalue weighted by Crippen LogP contribution is -2.22. The van der Waals surface area contributed by atoms with Crippen LogP contribution in [0.25, 0.3) is 10.8 Å². The molecule has 0 saturated carbocycles. The summed E-state index contributed by atoms with van der Waals surface area (Å²) in [7, 11) is -0.671. The van der Waals surface area contributed by atoms with Gasteiger partial charge in [0.2, 0.25) is 10.0 Å². The van der Waals surface area contributed by atoms with Crippen molar-refractivity contribution in [3.63, 3.8) is 0 Å². The topological polar surface area (TPSA) is 103 Å². The van der Waals surface area contributed by atoms with Crippen molar-refractivity contribution in [1.29, 1.82) is 0 Å². The summed E-state index contributed by atoms with van der Waals surface area (Å²) in [6.07, 6.45) is 0. The first-order chi connectivity index (χ1) is 12.4. The van der Waals surface area contributed by atoms with Crippen molar-refractivity contribution in [3.05, 3.63) is 53.2 Å². The van der Waals surface area contributed by atoms with Gasteiger partial charge in [-0.05, 0) is 35.7 Å². The molecule has 0 atom stereocenters. The van der Waals surface area contributed by atoms with E-state index in [0.717, 1.165) is 9.18 Å². The summed E-state index contributed by atoms with van der Waals surface area (Å²) in [6, 6.07) is 9.20. The van der Waals surface area contributed by atoms with Gasteiger partial charge in [-0.15, -0.1) is 21.5 Å². The Hall–Kier alpha value is -2.56. The minimum absolute atomic E-state index is 0.0940. The lowest BCUT2D eigenvalue weighted by atomic mass is 10.2. The smallest absolute Gasteiger partial charge is 0.338 e. The van der Waals surface area contributed by atoms with Gasteiger partial charge in [0.25, 0.3) is 11.8 Å². The van der Waals surface area contributed by atoms with Crippen molar-refractivity contribution >= 4 is 27.3 Å². The number of rotatable bonds is 6. The minimum Gasteiger partial charge on any atom is -0.452 e. The van der Waals surface area contributed by atoms with Gasteiger partial charge < -0.3 is 9.15 Å². The molecule has 8 nitrogen and oxygen atoms in total. The molecule has 0 fully saturated rings. The fourth-order valence-corrected chi connectivity index (χ4v) is 3.54. The molecule has 2 aromatic heterocycles. The predicted molar refractivity (Wildman–Crippen MR) is 94.0 cm³/mol. The van der Waals surface area contributed by atoms with E-state index in [1.165, 1.54) is 49.7 Å². The van der Waals surface area contributed by atoms with Crippen LogP contribution in [0.1, 0.15) is 16.2 Å². The third-order valence-electron chi connectivity index (χ3n) is 3.39. The van der Waals surface area contributed by atoms with Crippen molar-refractivity contribution < 1.29 is 22.4 Å². The van der Waals surface area contributed by atoms with E-state index in [1.807, 2.05) is 17.5 Å². The summed E-state index contributed by atoms with van der Waals surface area (Å²) < 4.78 is 35.7. The van der Waals surface area contributed by atoms with Crippen LogP contribution in [0, 0.1) is 0 Å². The average molecular weight is 393 g/mol. The monoisotopic (exact) mass is 393 g/mol. The third kappa shape index (κ3) is 3.82. The Kier molecular flexibility index (Phi) is 5.16. The standard InChI is InChI=1S/C16H15N3O5S2/c1-19(2)26(21,22)12-7-5-11(6-8-12)16(20)23-10-14-17-18-15(24-14)13-4-3-9-25-13/h3-9H,10H2,1-2H3. The highest BCUT2D eigenvalue weighted by Crippen LogP contribution is 2.23. The summed E-state index contributed by atoms with van der Waals surface area (Å²) in [4.78, 5) is 13.0. The van der Waals surface area contributed by atoms with Crippen molar-refractivity contribution in [2.24, 2.45) is 0 Å². The molecule has 1 aromatic carbocycles. The number of carbonyl (C=O) groups excluding carboxylic acids is 1. The number of nitrogens with zero attached hydrogens (tertiary/aromatic N) is 3. The van der Waals surface area contributed by atoms with Gasteiger partial charge >= 0.3 is 5.97 Å². The van der Waals surface area contributed by atoms with E-state index in [0.29, 0.717) is 5.89 Å². The minimum atomic E-state index is -3.54. The van der Waals surface area contributed by atoms with Crippen molar-refractivity contribution in [2.75, 3.05) is 14.1 Å². The summed E-state index contributed by atoms with van der Waals surface area (Å²) >= 11 is 1.46. The summed E-state index contributed by atoms with van der Waals surface area (Å²) in [5.74, 6) is -0.0764. The number of thiophene rings is 1. The van der Waals surface area contributed by atoms with E-state index in [2.05, 4.69) is 10.2 Å². The van der Waals surface area contributed by atoms with E-state index in [-0.39, 0.29) is 23.0 Å². The highest BCUT2D eigenvalue weighted by molar-refractivity contribution is 7.89. The number of esters is 1. The maximum absolute atomic E-state index is 12.1. The van der Waals surface area contributed by atoms with E-state index in [1.54, 1.807) is 0 Å². The number of sulfonamides is 1. The van der Waals surface area contributed by atoms with Crippen molar-refractivity contribution in [2.45, 2.75) is 11.5 Å². The van der Waals surface area contributed by atoms with Gasteiger partial charge in [0.05, 0.1) is 15.3 Å². The molecule has 0 amide bonds. The molecule has 3 aromatic rings. The Morgan fingerprint density at radius 2 is 1.92 bits per heavy atom. The Morgan fingerprint density at radius 3 is 2.54 bits per heavy atom. The Bertz CT molecular complexity index is 993. The lowest BCUT2D eigenvalue weighted by molar-refractivity contribution is 0.0438. The molecule has 0 aliphatic heterocycles. The number of aromatic nitrogens is 2. The Balaban J connectivity index is 1.64. The average Bonchev–Trinajstić information content (AvgIpc) is 3.31. The molecule has 3 rings (SSSR count). The number of hydrogen-bond donors (Lipinski definition) is 0. The van der Waals surface area contributed by atoms with Gasteiger partial charge in [-0.2, -0.15) is 0 Å². The zero-order chi connectivity index (χ0) is 18.7. The predicted octanol–water partition coefficient (Wildman–Crippen LogP) is 2.41. The van der Waals surface area contributed by atoms with Gasteiger partial charge in [0, 0.05) is 14.1 Å². The quantitative estimate of drug-likeness (QED) is 0.593. The molecule has 0 spiro atoms. The van der Waals surface area contributed by atoms with Crippen LogP contribution in [0.15, 0.2) is 51.1 Å². The van der Waals surface area contributed by atoms with Crippen molar-refractivity contribution in [3.8, 4) is 10.8 Å². The highest BCUT2D eigenvalue weighted by atomic mass is 32.2. The van der Waals surface area contributed by atoms with Crippen LogP contribution in [-0.4, -0.2) is 43.0 Å². The van der Waals surface area contributed by atoms with Gasteiger partial charge in [-0.25, -0.2) is 17.5 Å². The molecule has 10 heteroatoms. The van der Waals surface area contributed by atoms with Crippen LogP contribution >= 0.6 is 11.3 Å². The lowest BCUT2D eigenvalue weighted by Gasteiger charge is -2.11. The SMILES string of the molecule is CN(C)S(=O)(=O)c1ccc(C(=O)OCc2nnc(-c3cccs3)o2)cc1. The van der Waals surface area contributed by atoms with E-state index in [4.69, 9.17) is 9.15 Å². The molecular formula is C16H15N3O5S2. The van der Waals surface area contributed by atoms with Crippen LogP contribution in [0.4, 0.5) is 0 Å².